The summed E-state index contributed by atoms with van der Waals surface area (Å²) < 4.78 is 0. The molecule has 0 aliphatic heterocycles. The third-order valence-electron chi connectivity index (χ3n) is 2.72. The second-order valence-corrected chi connectivity index (χ2v) is 5.04. The Kier molecular flexibility index (Phi) is 4.42. The van der Waals surface area contributed by atoms with Gasteiger partial charge >= 0.3 is 0 Å². The molecule has 0 heterocycles. The molecule has 20 heavy (non-hydrogen) atoms. The van der Waals surface area contributed by atoms with Crippen LogP contribution in [0.2, 0.25) is 10.0 Å². The summed E-state index contributed by atoms with van der Waals surface area (Å²) in [5, 5.41) is 2.98. The molecule has 0 bridgehead atoms. The third kappa shape index (κ3) is 3.18. The zero-order valence-corrected chi connectivity index (χ0v) is 12.1. The number of hydrogen-bond acceptors (Lipinski definition) is 2. The molecule has 0 atom stereocenters. The van der Waals surface area contributed by atoms with Gasteiger partial charge in [0.2, 0.25) is 0 Å². The fourth-order valence-electron chi connectivity index (χ4n) is 1.62. The van der Waals surface area contributed by atoms with Crippen molar-refractivity contribution in [1.82, 2.24) is 0 Å². The van der Waals surface area contributed by atoms with Gasteiger partial charge in [0.1, 0.15) is 0 Å². The van der Waals surface area contributed by atoms with Crippen molar-refractivity contribution in [1.29, 1.82) is 0 Å². The van der Waals surface area contributed by atoms with Gasteiger partial charge in [-0.3, -0.25) is 9.59 Å². The highest BCUT2D eigenvalue weighted by molar-refractivity contribution is 6.48. The normalized spacial score (nSPS) is 10.2. The van der Waals surface area contributed by atoms with Gasteiger partial charge in [0.25, 0.3) is 11.7 Å². The molecule has 2 aromatic rings. The van der Waals surface area contributed by atoms with E-state index < -0.39 is 11.7 Å². The summed E-state index contributed by atoms with van der Waals surface area (Å²) in [6.45, 7) is 1.90. The Labute approximate surface area is 126 Å². The van der Waals surface area contributed by atoms with Crippen LogP contribution in [0.15, 0.2) is 42.5 Å². The zero-order valence-electron chi connectivity index (χ0n) is 10.6. The maximum Gasteiger partial charge on any atom is 0.296 e. The Hall–Kier alpha value is -1.84. The van der Waals surface area contributed by atoms with Crippen molar-refractivity contribution in [3.8, 4) is 0 Å². The van der Waals surface area contributed by atoms with Crippen LogP contribution in [0.4, 0.5) is 5.69 Å². The second kappa shape index (κ2) is 6.07. The Bertz CT molecular complexity index is 666. The monoisotopic (exact) mass is 307 g/mol. The maximum atomic E-state index is 12.0. The highest BCUT2D eigenvalue weighted by atomic mass is 35.5. The van der Waals surface area contributed by atoms with Crippen LogP contribution >= 0.6 is 23.2 Å². The summed E-state index contributed by atoms with van der Waals surface area (Å²) in [6, 6.07) is 11.6. The van der Waals surface area contributed by atoms with Crippen molar-refractivity contribution >= 4 is 40.6 Å². The first-order chi connectivity index (χ1) is 9.49. The zero-order chi connectivity index (χ0) is 14.7. The lowest BCUT2D eigenvalue weighted by molar-refractivity contribution is -0.112. The second-order valence-electron chi connectivity index (χ2n) is 4.25. The molecule has 0 radical (unpaired) electrons. The van der Waals surface area contributed by atoms with Gasteiger partial charge in [-0.25, -0.2) is 0 Å². The molecular formula is C15H11Cl2NO2. The van der Waals surface area contributed by atoms with E-state index in [1.807, 2.05) is 6.92 Å². The molecule has 3 nitrogen and oxygen atoms in total. The fourth-order valence-corrected chi connectivity index (χ4v) is 1.96. The Morgan fingerprint density at radius 1 is 1.00 bits per heavy atom. The average Bonchev–Trinajstić information content (AvgIpc) is 2.44. The summed E-state index contributed by atoms with van der Waals surface area (Å²) in [7, 11) is 0. The van der Waals surface area contributed by atoms with E-state index in [1.54, 1.807) is 42.5 Å². The Morgan fingerprint density at radius 2 is 1.65 bits per heavy atom. The van der Waals surface area contributed by atoms with Crippen LogP contribution in [-0.2, 0) is 4.79 Å². The van der Waals surface area contributed by atoms with Crippen molar-refractivity contribution in [3.63, 3.8) is 0 Å². The lowest BCUT2D eigenvalue weighted by Crippen LogP contribution is -2.23. The van der Waals surface area contributed by atoms with Crippen LogP contribution in [0.3, 0.4) is 0 Å². The number of amides is 1. The first kappa shape index (κ1) is 14.6. The number of aryl methyl sites for hydroxylation is 1. The van der Waals surface area contributed by atoms with E-state index in [0.717, 1.165) is 5.56 Å². The Morgan fingerprint density at radius 3 is 2.30 bits per heavy atom. The van der Waals surface area contributed by atoms with Crippen LogP contribution in [0.5, 0.6) is 0 Å². The standard InChI is InChI=1S/C15H11Cl2NO2/c1-9-5-7-10(8-6-9)14(19)15(20)18-12-4-2-3-11(16)13(12)17/h2-8H,1H3,(H,18,20). The molecule has 102 valence electrons. The molecule has 0 unspecified atom stereocenters. The lowest BCUT2D eigenvalue weighted by Gasteiger charge is -2.07. The van der Waals surface area contributed by atoms with Gasteiger partial charge in [-0.2, -0.15) is 0 Å². The van der Waals surface area contributed by atoms with Gasteiger partial charge in [-0.15, -0.1) is 0 Å². The minimum atomic E-state index is -0.752. The molecule has 0 spiro atoms. The predicted molar refractivity (Wildman–Crippen MR) is 80.6 cm³/mol. The number of ketones is 1. The molecule has 5 heteroatoms. The minimum Gasteiger partial charge on any atom is -0.318 e. The number of Topliss-reactive ketones (excluding diaryl/α,β-unsaturated/α-hetero) is 1. The molecule has 2 aromatic carbocycles. The molecule has 0 aliphatic rings. The van der Waals surface area contributed by atoms with Crippen molar-refractivity contribution in [2.75, 3.05) is 5.32 Å². The summed E-state index contributed by atoms with van der Waals surface area (Å²) in [4.78, 5) is 23.9. The molecular weight excluding hydrogens is 297 g/mol. The fraction of sp³-hybridized carbons (Fsp3) is 0.0667. The summed E-state index contributed by atoms with van der Waals surface area (Å²) in [6.07, 6.45) is 0. The van der Waals surface area contributed by atoms with E-state index in [-0.39, 0.29) is 5.02 Å². The van der Waals surface area contributed by atoms with Gasteiger partial charge in [0, 0.05) is 5.56 Å². The molecule has 0 aromatic heterocycles. The topological polar surface area (TPSA) is 46.2 Å². The van der Waals surface area contributed by atoms with Crippen molar-refractivity contribution in [3.05, 3.63) is 63.6 Å². The van der Waals surface area contributed by atoms with E-state index in [0.29, 0.717) is 16.3 Å². The molecule has 1 amide bonds. The smallest absolute Gasteiger partial charge is 0.296 e. The number of rotatable bonds is 3. The Balaban J connectivity index is 2.18. The SMILES string of the molecule is Cc1ccc(C(=O)C(=O)Nc2cccc(Cl)c2Cl)cc1. The number of benzene rings is 2. The number of anilines is 1. The first-order valence-electron chi connectivity index (χ1n) is 5.85. The van der Waals surface area contributed by atoms with Gasteiger partial charge in [0.05, 0.1) is 15.7 Å². The largest absolute Gasteiger partial charge is 0.318 e. The van der Waals surface area contributed by atoms with E-state index in [2.05, 4.69) is 5.32 Å². The van der Waals surface area contributed by atoms with E-state index >= 15 is 0 Å². The molecule has 1 N–H and O–H groups in total. The van der Waals surface area contributed by atoms with Crippen molar-refractivity contribution < 1.29 is 9.59 Å². The van der Waals surface area contributed by atoms with E-state index in [4.69, 9.17) is 23.2 Å². The van der Waals surface area contributed by atoms with E-state index in [1.165, 1.54) is 0 Å². The highest BCUT2D eigenvalue weighted by Gasteiger charge is 2.17. The summed E-state index contributed by atoms with van der Waals surface area (Å²) in [5.41, 5.74) is 1.65. The van der Waals surface area contributed by atoms with Crippen LogP contribution in [0.1, 0.15) is 15.9 Å². The van der Waals surface area contributed by atoms with Crippen LogP contribution in [0, 0.1) is 6.92 Å². The minimum absolute atomic E-state index is 0.208. The molecule has 0 fully saturated rings. The number of carbonyl (C=O) groups is 2. The lowest BCUT2D eigenvalue weighted by atomic mass is 10.1. The number of nitrogens with one attached hydrogen (secondary N) is 1. The van der Waals surface area contributed by atoms with Crippen LogP contribution in [0.25, 0.3) is 0 Å². The number of halogens is 2. The molecule has 0 saturated heterocycles. The summed E-state index contributed by atoms with van der Waals surface area (Å²) in [5.74, 6) is -1.38. The molecule has 2 rings (SSSR count). The third-order valence-corrected chi connectivity index (χ3v) is 3.54. The van der Waals surface area contributed by atoms with Gasteiger partial charge in [-0.1, -0.05) is 59.1 Å². The van der Waals surface area contributed by atoms with Gasteiger partial charge in [0.15, 0.2) is 0 Å². The van der Waals surface area contributed by atoms with Gasteiger partial charge < -0.3 is 5.32 Å². The quantitative estimate of drug-likeness (QED) is 0.684. The molecule has 0 aliphatic carbocycles. The predicted octanol–water partition coefficient (Wildman–Crippen LogP) is 4.12. The number of hydrogen-bond donors (Lipinski definition) is 1. The van der Waals surface area contributed by atoms with Crippen molar-refractivity contribution in [2.45, 2.75) is 6.92 Å². The van der Waals surface area contributed by atoms with Crippen LogP contribution < -0.4 is 5.32 Å². The van der Waals surface area contributed by atoms with Crippen LogP contribution in [-0.4, -0.2) is 11.7 Å². The average molecular weight is 308 g/mol. The van der Waals surface area contributed by atoms with Gasteiger partial charge in [-0.05, 0) is 19.1 Å². The van der Waals surface area contributed by atoms with E-state index in [9.17, 15) is 9.59 Å². The highest BCUT2D eigenvalue weighted by Crippen LogP contribution is 2.29. The maximum absolute atomic E-state index is 12.0. The molecule has 0 saturated carbocycles. The van der Waals surface area contributed by atoms with Crippen molar-refractivity contribution in [2.24, 2.45) is 0 Å². The number of carbonyl (C=O) groups excluding carboxylic acids is 2. The summed E-state index contributed by atoms with van der Waals surface area (Å²) >= 11 is 11.8. The first-order valence-corrected chi connectivity index (χ1v) is 6.61.